The van der Waals surface area contributed by atoms with E-state index in [-0.39, 0.29) is 0 Å². The molecule has 2 aromatic rings. The standard InChI is InChI=1S/C6H5IN4O/c1-2-3(7)4(8)5-6(9-2)11-12-10-5/h8H2,1H3. The first-order valence-electron chi connectivity index (χ1n) is 3.24. The molecule has 0 amide bonds. The van der Waals surface area contributed by atoms with Gasteiger partial charge in [0.2, 0.25) is 5.65 Å². The molecule has 2 N–H and O–H groups in total. The molecule has 0 unspecified atom stereocenters. The third-order valence-electron chi connectivity index (χ3n) is 1.55. The molecule has 0 fully saturated rings. The second-order valence-electron chi connectivity index (χ2n) is 2.36. The van der Waals surface area contributed by atoms with E-state index in [0.29, 0.717) is 16.9 Å². The van der Waals surface area contributed by atoms with Crippen molar-refractivity contribution in [2.24, 2.45) is 0 Å². The molecule has 0 radical (unpaired) electrons. The van der Waals surface area contributed by atoms with Crippen molar-refractivity contribution in [3.63, 3.8) is 0 Å². The fraction of sp³-hybridized carbons (Fsp3) is 0.167. The maximum atomic E-state index is 5.75. The van der Waals surface area contributed by atoms with Crippen LogP contribution in [-0.4, -0.2) is 15.3 Å². The summed E-state index contributed by atoms with van der Waals surface area (Å²) in [4.78, 5) is 4.14. The van der Waals surface area contributed by atoms with Crippen molar-refractivity contribution < 1.29 is 4.63 Å². The number of aromatic nitrogens is 3. The maximum absolute atomic E-state index is 5.75. The molecule has 0 aromatic carbocycles. The smallest absolute Gasteiger partial charge is 0.226 e. The van der Waals surface area contributed by atoms with Gasteiger partial charge in [0.25, 0.3) is 0 Å². The van der Waals surface area contributed by atoms with Gasteiger partial charge in [-0.25, -0.2) is 9.61 Å². The van der Waals surface area contributed by atoms with Gasteiger partial charge < -0.3 is 5.73 Å². The van der Waals surface area contributed by atoms with E-state index in [2.05, 4.69) is 42.5 Å². The van der Waals surface area contributed by atoms with Gasteiger partial charge in [-0.3, -0.25) is 0 Å². The SMILES string of the molecule is Cc1nc2nonc2c(N)c1I. The first kappa shape index (κ1) is 7.71. The molecule has 2 aromatic heterocycles. The quantitative estimate of drug-likeness (QED) is 0.729. The van der Waals surface area contributed by atoms with Crippen LogP contribution in [0, 0.1) is 10.5 Å². The topological polar surface area (TPSA) is 77.8 Å². The normalized spacial score (nSPS) is 10.8. The summed E-state index contributed by atoms with van der Waals surface area (Å²) in [6, 6.07) is 0. The van der Waals surface area contributed by atoms with Crippen LogP contribution in [-0.2, 0) is 0 Å². The summed E-state index contributed by atoms with van der Waals surface area (Å²) in [5.74, 6) is 0. The average Bonchev–Trinajstić information content (AvgIpc) is 2.48. The van der Waals surface area contributed by atoms with Crippen LogP contribution in [0.2, 0.25) is 0 Å². The van der Waals surface area contributed by atoms with E-state index in [4.69, 9.17) is 5.73 Å². The first-order chi connectivity index (χ1) is 5.70. The van der Waals surface area contributed by atoms with Gasteiger partial charge >= 0.3 is 0 Å². The highest BCUT2D eigenvalue weighted by atomic mass is 127. The number of pyridine rings is 1. The van der Waals surface area contributed by atoms with E-state index in [1.165, 1.54) is 0 Å². The maximum Gasteiger partial charge on any atom is 0.226 e. The number of halogens is 1. The second kappa shape index (κ2) is 2.54. The molecule has 0 spiro atoms. The third-order valence-corrected chi connectivity index (χ3v) is 2.92. The number of anilines is 1. The summed E-state index contributed by atoms with van der Waals surface area (Å²) in [7, 11) is 0. The molecule has 5 nitrogen and oxygen atoms in total. The Hall–Kier alpha value is -0.920. The number of nitrogens with two attached hydrogens (primary N) is 1. The number of fused-ring (bicyclic) bond motifs is 1. The Kier molecular flexibility index (Phi) is 1.63. The predicted molar refractivity (Wildman–Crippen MR) is 51.5 cm³/mol. The second-order valence-corrected chi connectivity index (χ2v) is 3.44. The van der Waals surface area contributed by atoms with E-state index in [1.54, 1.807) is 0 Å². The largest absolute Gasteiger partial charge is 0.396 e. The Morgan fingerprint density at radius 3 is 2.92 bits per heavy atom. The minimum Gasteiger partial charge on any atom is -0.396 e. The van der Waals surface area contributed by atoms with Crippen LogP contribution in [0.4, 0.5) is 5.69 Å². The molecule has 0 aliphatic heterocycles. The van der Waals surface area contributed by atoms with Crippen LogP contribution < -0.4 is 5.73 Å². The van der Waals surface area contributed by atoms with E-state index >= 15 is 0 Å². The van der Waals surface area contributed by atoms with Crippen molar-refractivity contribution in [3.05, 3.63) is 9.26 Å². The molecule has 0 atom stereocenters. The predicted octanol–water partition coefficient (Wildman–Crippen LogP) is 1.11. The highest BCUT2D eigenvalue weighted by molar-refractivity contribution is 14.1. The summed E-state index contributed by atoms with van der Waals surface area (Å²) < 4.78 is 5.41. The molecular weight excluding hydrogens is 271 g/mol. The Balaban J connectivity index is 2.94. The minimum absolute atomic E-state index is 0.463. The van der Waals surface area contributed by atoms with E-state index in [0.717, 1.165) is 9.26 Å². The van der Waals surface area contributed by atoms with Gasteiger partial charge in [-0.2, -0.15) is 0 Å². The molecule has 0 aliphatic carbocycles. The lowest BCUT2D eigenvalue weighted by Crippen LogP contribution is -1.96. The van der Waals surface area contributed by atoms with Gasteiger partial charge in [0.05, 0.1) is 15.0 Å². The summed E-state index contributed by atoms with van der Waals surface area (Å²) in [6.45, 7) is 1.87. The fourth-order valence-electron chi connectivity index (χ4n) is 0.934. The third kappa shape index (κ3) is 0.942. The molecule has 12 heavy (non-hydrogen) atoms. The zero-order chi connectivity index (χ0) is 8.72. The first-order valence-corrected chi connectivity index (χ1v) is 4.32. The average molecular weight is 276 g/mol. The van der Waals surface area contributed by atoms with Gasteiger partial charge in [0, 0.05) is 0 Å². The lowest BCUT2D eigenvalue weighted by molar-refractivity contribution is 0.315. The molecule has 0 bridgehead atoms. The Morgan fingerprint density at radius 2 is 2.17 bits per heavy atom. The number of hydrogen-bond acceptors (Lipinski definition) is 5. The van der Waals surface area contributed by atoms with E-state index in [1.807, 2.05) is 6.92 Å². The lowest BCUT2D eigenvalue weighted by atomic mass is 10.3. The number of nitrogen functional groups attached to an aromatic ring is 1. The number of nitrogens with zero attached hydrogens (tertiary/aromatic N) is 3. The van der Waals surface area contributed by atoms with Gasteiger partial charge in [0.1, 0.15) is 0 Å². The van der Waals surface area contributed by atoms with Crippen molar-refractivity contribution in [2.45, 2.75) is 6.92 Å². The summed E-state index contributed by atoms with van der Waals surface area (Å²) in [6.07, 6.45) is 0. The van der Waals surface area contributed by atoms with Crippen LogP contribution in [0.1, 0.15) is 5.69 Å². The molecule has 2 rings (SSSR count). The van der Waals surface area contributed by atoms with Crippen molar-refractivity contribution in [1.82, 2.24) is 15.3 Å². The van der Waals surface area contributed by atoms with Crippen LogP contribution in [0.5, 0.6) is 0 Å². The molecule has 0 saturated heterocycles. The van der Waals surface area contributed by atoms with Gasteiger partial charge in [0.15, 0.2) is 5.52 Å². The summed E-state index contributed by atoms with van der Waals surface area (Å²) >= 11 is 2.12. The monoisotopic (exact) mass is 276 g/mol. The molecule has 62 valence electrons. The van der Waals surface area contributed by atoms with Crippen LogP contribution in [0.15, 0.2) is 4.63 Å². The number of aryl methyl sites for hydroxylation is 1. The van der Waals surface area contributed by atoms with Crippen LogP contribution >= 0.6 is 22.6 Å². The fourth-order valence-corrected chi connectivity index (χ4v) is 1.31. The summed E-state index contributed by atoms with van der Waals surface area (Å²) in [5.41, 5.74) is 8.18. The van der Waals surface area contributed by atoms with Crippen LogP contribution in [0.25, 0.3) is 11.2 Å². The molecule has 6 heteroatoms. The lowest BCUT2D eigenvalue weighted by Gasteiger charge is -1.99. The Bertz CT molecular complexity index is 438. The van der Waals surface area contributed by atoms with Crippen molar-refractivity contribution in [2.75, 3.05) is 5.73 Å². The van der Waals surface area contributed by atoms with Crippen molar-refractivity contribution >= 4 is 39.4 Å². The van der Waals surface area contributed by atoms with Gasteiger partial charge in [-0.1, -0.05) is 0 Å². The minimum atomic E-state index is 0.463. The molecule has 0 aliphatic rings. The number of rotatable bonds is 0. The molecule has 0 saturated carbocycles. The Morgan fingerprint density at radius 1 is 1.42 bits per heavy atom. The summed E-state index contributed by atoms with van der Waals surface area (Å²) in [5, 5.41) is 7.24. The van der Waals surface area contributed by atoms with Gasteiger partial charge in [-0.15, -0.1) is 0 Å². The highest BCUT2D eigenvalue weighted by Crippen LogP contribution is 2.23. The zero-order valence-corrected chi connectivity index (χ0v) is 8.36. The van der Waals surface area contributed by atoms with Crippen molar-refractivity contribution in [1.29, 1.82) is 0 Å². The van der Waals surface area contributed by atoms with E-state index < -0.39 is 0 Å². The van der Waals surface area contributed by atoms with Gasteiger partial charge in [-0.05, 0) is 39.8 Å². The molecular formula is C6H5IN4O. The van der Waals surface area contributed by atoms with Crippen molar-refractivity contribution in [3.8, 4) is 0 Å². The highest BCUT2D eigenvalue weighted by Gasteiger charge is 2.11. The van der Waals surface area contributed by atoms with Crippen LogP contribution in [0.3, 0.4) is 0 Å². The zero-order valence-electron chi connectivity index (χ0n) is 6.21. The Labute approximate surface area is 81.4 Å². The van der Waals surface area contributed by atoms with E-state index in [9.17, 15) is 0 Å². The molecule has 2 heterocycles. The number of hydrogen-bond donors (Lipinski definition) is 1.